The van der Waals surface area contributed by atoms with Crippen LogP contribution in [0.5, 0.6) is 0 Å². The van der Waals surface area contributed by atoms with Gasteiger partial charge in [0.25, 0.3) is 0 Å². The Bertz CT molecular complexity index is 2570. The molecule has 1 heteroatoms. The first-order valence-corrected chi connectivity index (χ1v) is 19.5. The van der Waals surface area contributed by atoms with Crippen LogP contribution in [0.15, 0.2) is 241 Å². The van der Waals surface area contributed by atoms with Gasteiger partial charge in [0.15, 0.2) is 0 Å². The summed E-state index contributed by atoms with van der Waals surface area (Å²) < 4.78 is 0. The summed E-state index contributed by atoms with van der Waals surface area (Å²) >= 11 is 0. The lowest BCUT2D eigenvalue weighted by atomic mass is 9.62. The van der Waals surface area contributed by atoms with Gasteiger partial charge in [0.1, 0.15) is 0 Å². The van der Waals surface area contributed by atoms with Crippen LogP contribution in [-0.4, -0.2) is 5.71 Å². The van der Waals surface area contributed by atoms with Crippen molar-refractivity contribution in [1.29, 1.82) is 0 Å². The van der Waals surface area contributed by atoms with E-state index in [-0.39, 0.29) is 17.3 Å². The molecular formula is C55H43N. The standard InChI is InChI=1S/C55H43N/c1-39(47-35-36-51-50-25-15-16-26-52(50)55(53(51)38-47,48-21-11-5-12-22-48)49-23-13-6-14-24-49)37-54(46-33-31-45(32-34-46)43-19-9-4-10-20-43)56-40(2)41-27-29-44(30-28-41)42-17-7-3-8-18-42/h3-38,51,53H,1H2,2H3/b54-37-,56-40?. The molecule has 2 aliphatic rings. The molecule has 7 aromatic rings. The van der Waals surface area contributed by atoms with Gasteiger partial charge < -0.3 is 0 Å². The van der Waals surface area contributed by atoms with Crippen molar-refractivity contribution in [2.45, 2.75) is 18.3 Å². The van der Waals surface area contributed by atoms with E-state index in [2.05, 4.69) is 225 Å². The summed E-state index contributed by atoms with van der Waals surface area (Å²) in [6.45, 7) is 6.82. The van der Waals surface area contributed by atoms with Gasteiger partial charge in [-0.05, 0) is 74.2 Å². The third-order valence-corrected chi connectivity index (χ3v) is 11.6. The van der Waals surface area contributed by atoms with Crippen molar-refractivity contribution >= 4 is 11.4 Å². The van der Waals surface area contributed by atoms with Crippen molar-refractivity contribution in [3.05, 3.63) is 270 Å². The number of fused-ring (bicyclic) bond motifs is 3. The third-order valence-electron chi connectivity index (χ3n) is 11.6. The highest BCUT2D eigenvalue weighted by molar-refractivity contribution is 6.02. The average molecular weight is 718 g/mol. The smallest absolute Gasteiger partial charge is 0.0711 e. The predicted molar refractivity (Wildman–Crippen MR) is 236 cm³/mol. The van der Waals surface area contributed by atoms with E-state index in [0.717, 1.165) is 33.7 Å². The van der Waals surface area contributed by atoms with Crippen LogP contribution in [0.4, 0.5) is 0 Å². The van der Waals surface area contributed by atoms with E-state index in [9.17, 15) is 0 Å². The first-order valence-electron chi connectivity index (χ1n) is 19.5. The Labute approximate surface area is 331 Å². The summed E-state index contributed by atoms with van der Waals surface area (Å²) in [6.07, 6.45) is 9.34. The maximum atomic E-state index is 5.34. The van der Waals surface area contributed by atoms with Gasteiger partial charge in [-0.2, -0.15) is 0 Å². The van der Waals surface area contributed by atoms with E-state index in [1.54, 1.807) is 0 Å². The van der Waals surface area contributed by atoms with Gasteiger partial charge >= 0.3 is 0 Å². The topological polar surface area (TPSA) is 12.4 Å². The molecule has 0 bridgehead atoms. The predicted octanol–water partition coefficient (Wildman–Crippen LogP) is 13.7. The molecule has 0 fully saturated rings. The summed E-state index contributed by atoms with van der Waals surface area (Å²) in [4.78, 5) is 5.34. The Morgan fingerprint density at radius 3 is 1.55 bits per heavy atom. The van der Waals surface area contributed by atoms with Gasteiger partial charge in [0, 0.05) is 23.1 Å². The minimum Gasteiger partial charge on any atom is -0.252 e. The highest BCUT2D eigenvalue weighted by Gasteiger charge is 2.53. The zero-order valence-corrected chi connectivity index (χ0v) is 31.6. The van der Waals surface area contributed by atoms with Crippen molar-refractivity contribution in [2.24, 2.45) is 10.9 Å². The molecule has 2 unspecified atom stereocenters. The maximum Gasteiger partial charge on any atom is 0.0711 e. The van der Waals surface area contributed by atoms with E-state index in [1.165, 1.54) is 44.5 Å². The number of aliphatic imine (C=N–C) groups is 1. The van der Waals surface area contributed by atoms with Crippen molar-refractivity contribution in [2.75, 3.05) is 0 Å². The zero-order valence-electron chi connectivity index (χ0n) is 31.6. The number of nitrogens with zero attached hydrogens (tertiary/aromatic N) is 1. The zero-order chi connectivity index (χ0) is 37.9. The van der Waals surface area contributed by atoms with E-state index in [4.69, 9.17) is 11.6 Å². The molecule has 56 heavy (non-hydrogen) atoms. The fraction of sp³-hybridized carbons (Fsp3) is 0.0727. The SMILES string of the molecule is C=C(/C=C(\N=C(C)c1ccc(-c2ccccc2)cc1)c1ccc(-c2ccccc2)cc1)C1=CC2C(C=C1)c1ccccc1C2(c1ccccc1)c1ccccc1. The summed E-state index contributed by atoms with van der Waals surface area (Å²) in [5, 5.41) is 0. The van der Waals surface area contributed by atoms with Crippen molar-refractivity contribution in [3.63, 3.8) is 0 Å². The second-order valence-electron chi connectivity index (χ2n) is 14.8. The molecule has 2 aliphatic carbocycles. The van der Waals surface area contributed by atoms with E-state index in [1.807, 2.05) is 0 Å². The lowest BCUT2D eigenvalue weighted by Crippen LogP contribution is -2.35. The minimum absolute atomic E-state index is 0.150. The van der Waals surface area contributed by atoms with Gasteiger partial charge in [-0.1, -0.05) is 219 Å². The second kappa shape index (κ2) is 15.1. The summed E-state index contributed by atoms with van der Waals surface area (Å²) in [5.74, 6) is 0.382. The Morgan fingerprint density at radius 2 is 1.00 bits per heavy atom. The molecular weight excluding hydrogens is 675 g/mol. The van der Waals surface area contributed by atoms with Crippen LogP contribution in [0.25, 0.3) is 28.0 Å². The maximum absolute atomic E-state index is 5.34. The minimum atomic E-state index is -0.361. The molecule has 0 spiro atoms. The molecule has 0 aliphatic heterocycles. The van der Waals surface area contributed by atoms with Crippen molar-refractivity contribution < 1.29 is 0 Å². The molecule has 2 atom stereocenters. The van der Waals surface area contributed by atoms with Crippen LogP contribution in [0.1, 0.15) is 46.2 Å². The lowest BCUT2D eigenvalue weighted by molar-refractivity contribution is 0.455. The normalized spacial score (nSPS) is 17.1. The highest BCUT2D eigenvalue weighted by Crippen LogP contribution is 2.60. The monoisotopic (exact) mass is 717 g/mol. The molecule has 0 saturated heterocycles. The third kappa shape index (κ3) is 6.42. The summed E-state index contributed by atoms with van der Waals surface area (Å²) in [6, 6.07) is 69.6. The Kier molecular flexibility index (Phi) is 9.43. The van der Waals surface area contributed by atoms with E-state index >= 15 is 0 Å². The van der Waals surface area contributed by atoms with E-state index in [0.29, 0.717) is 0 Å². The van der Waals surface area contributed by atoms with Crippen LogP contribution < -0.4 is 0 Å². The molecule has 268 valence electrons. The molecule has 9 rings (SSSR count). The van der Waals surface area contributed by atoms with Gasteiger partial charge in [-0.15, -0.1) is 0 Å². The fourth-order valence-corrected chi connectivity index (χ4v) is 8.85. The van der Waals surface area contributed by atoms with Gasteiger partial charge in [-0.25, -0.2) is 0 Å². The van der Waals surface area contributed by atoms with Crippen LogP contribution in [0.3, 0.4) is 0 Å². The molecule has 0 aromatic heterocycles. The Hall–Kier alpha value is -6.83. The number of benzene rings is 7. The largest absolute Gasteiger partial charge is 0.252 e. The van der Waals surface area contributed by atoms with Gasteiger partial charge in [0.2, 0.25) is 0 Å². The number of hydrogen-bond acceptors (Lipinski definition) is 1. The molecule has 0 amide bonds. The second-order valence-corrected chi connectivity index (χ2v) is 14.8. The first-order chi connectivity index (χ1) is 27.6. The summed E-state index contributed by atoms with van der Waals surface area (Å²) in [5.41, 5.74) is 15.8. The van der Waals surface area contributed by atoms with E-state index < -0.39 is 0 Å². The molecule has 7 aromatic carbocycles. The molecule has 0 saturated carbocycles. The number of allylic oxidation sites excluding steroid dienone is 6. The Morgan fingerprint density at radius 1 is 0.536 bits per heavy atom. The number of rotatable bonds is 9. The summed E-state index contributed by atoms with van der Waals surface area (Å²) in [7, 11) is 0. The van der Waals surface area contributed by atoms with Gasteiger partial charge in [-0.3, -0.25) is 4.99 Å². The molecule has 0 radical (unpaired) electrons. The Balaban J connectivity index is 1.13. The molecule has 1 nitrogen and oxygen atoms in total. The van der Waals surface area contributed by atoms with Crippen LogP contribution >= 0.6 is 0 Å². The van der Waals surface area contributed by atoms with Crippen molar-refractivity contribution in [3.8, 4) is 22.3 Å². The van der Waals surface area contributed by atoms with Crippen LogP contribution in [-0.2, 0) is 5.41 Å². The van der Waals surface area contributed by atoms with Gasteiger partial charge in [0.05, 0.1) is 11.1 Å². The average Bonchev–Trinajstić information content (AvgIpc) is 3.58. The molecule has 0 heterocycles. The van der Waals surface area contributed by atoms with Crippen LogP contribution in [0.2, 0.25) is 0 Å². The quantitative estimate of drug-likeness (QED) is 0.104. The molecule has 0 N–H and O–H groups in total. The van der Waals surface area contributed by atoms with Crippen molar-refractivity contribution in [1.82, 2.24) is 0 Å². The first kappa shape index (κ1) is 34.9. The van der Waals surface area contributed by atoms with Crippen LogP contribution in [0, 0.1) is 5.92 Å². The fourth-order valence-electron chi connectivity index (χ4n) is 8.85. The highest BCUT2D eigenvalue weighted by atomic mass is 14.8. The number of hydrogen-bond donors (Lipinski definition) is 0. The lowest BCUT2D eigenvalue weighted by Gasteiger charge is -2.39.